The summed E-state index contributed by atoms with van der Waals surface area (Å²) in [6.45, 7) is 4.87. The molecule has 2 aromatic heterocycles. The van der Waals surface area contributed by atoms with E-state index in [1.807, 2.05) is 31.2 Å². The first-order valence-electron chi connectivity index (χ1n) is 13.4. The van der Waals surface area contributed by atoms with Crippen LogP contribution in [-0.4, -0.2) is 33.5 Å². The van der Waals surface area contributed by atoms with E-state index in [9.17, 15) is 14.9 Å². The van der Waals surface area contributed by atoms with Crippen LogP contribution in [0.15, 0.2) is 73.2 Å². The van der Waals surface area contributed by atoms with Crippen LogP contribution in [0.5, 0.6) is 0 Å². The van der Waals surface area contributed by atoms with Crippen molar-refractivity contribution in [2.45, 2.75) is 33.4 Å². The molecule has 5 aromatic rings. The molecule has 0 bridgehead atoms. The van der Waals surface area contributed by atoms with Crippen molar-refractivity contribution in [3.8, 4) is 17.2 Å². The zero-order valence-electron chi connectivity index (χ0n) is 23.4. The van der Waals surface area contributed by atoms with Gasteiger partial charge in [-0.1, -0.05) is 29.8 Å². The molecule has 0 saturated heterocycles. The summed E-state index contributed by atoms with van der Waals surface area (Å²) in [6, 6.07) is 18.4. The Morgan fingerprint density at radius 2 is 1.86 bits per heavy atom. The lowest BCUT2D eigenvalue weighted by atomic mass is 9.90. The van der Waals surface area contributed by atoms with Gasteiger partial charge in [0.1, 0.15) is 0 Å². The topological polar surface area (TPSA) is 110 Å². The van der Waals surface area contributed by atoms with Crippen LogP contribution in [0.25, 0.3) is 22.0 Å². The SMILES string of the molecule is CCn1cc(Cc2ccc(C(=O)NCc3cnc(C)cn3)cc2-c2ccc(Cl)cc2C(=O)OC)c2ccc(C#N)cc21. The van der Waals surface area contributed by atoms with Crippen LogP contribution < -0.4 is 5.32 Å². The minimum atomic E-state index is -0.530. The number of carbonyl (C=O) groups is 2. The fourth-order valence-corrected chi connectivity index (χ4v) is 5.15. The zero-order chi connectivity index (χ0) is 29.8. The molecule has 2 heterocycles. The Balaban J connectivity index is 1.58. The van der Waals surface area contributed by atoms with Gasteiger partial charge in [0.15, 0.2) is 0 Å². The number of hydrogen-bond acceptors (Lipinski definition) is 6. The largest absolute Gasteiger partial charge is 0.465 e. The molecule has 210 valence electrons. The summed E-state index contributed by atoms with van der Waals surface area (Å²) in [5.74, 6) is -0.816. The van der Waals surface area contributed by atoms with E-state index in [2.05, 4.69) is 39.0 Å². The summed E-state index contributed by atoms with van der Waals surface area (Å²) >= 11 is 6.27. The number of aryl methyl sites for hydroxylation is 2. The summed E-state index contributed by atoms with van der Waals surface area (Å²) in [7, 11) is 1.32. The lowest BCUT2D eigenvalue weighted by Gasteiger charge is -2.15. The summed E-state index contributed by atoms with van der Waals surface area (Å²) in [4.78, 5) is 34.6. The van der Waals surface area contributed by atoms with Crippen LogP contribution in [0.1, 0.15) is 55.7 Å². The van der Waals surface area contributed by atoms with E-state index in [-0.39, 0.29) is 12.5 Å². The molecule has 0 unspecified atom stereocenters. The highest BCUT2D eigenvalue weighted by atomic mass is 35.5. The number of nitrogens with zero attached hydrogens (tertiary/aromatic N) is 4. The number of aromatic nitrogens is 3. The highest BCUT2D eigenvalue weighted by molar-refractivity contribution is 6.31. The Morgan fingerprint density at radius 1 is 1.02 bits per heavy atom. The van der Waals surface area contributed by atoms with Crippen LogP contribution in [-0.2, 0) is 24.2 Å². The van der Waals surface area contributed by atoms with Gasteiger partial charge < -0.3 is 14.6 Å². The van der Waals surface area contributed by atoms with E-state index >= 15 is 0 Å². The Kier molecular flexibility index (Phi) is 8.32. The Hall–Kier alpha value is -5.00. The van der Waals surface area contributed by atoms with Crippen molar-refractivity contribution in [3.05, 3.63) is 117 Å². The Labute approximate surface area is 248 Å². The predicted octanol–water partition coefficient (Wildman–Crippen LogP) is 6.26. The van der Waals surface area contributed by atoms with Crippen LogP contribution in [0.2, 0.25) is 5.02 Å². The van der Waals surface area contributed by atoms with Gasteiger partial charge in [-0.2, -0.15) is 5.26 Å². The van der Waals surface area contributed by atoms with Crippen molar-refractivity contribution in [1.82, 2.24) is 19.9 Å². The second kappa shape index (κ2) is 12.2. The number of methoxy groups -OCH3 is 1. The van der Waals surface area contributed by atoms with Gasteiger partial charge in [-0.15, -0.1) is 0 Å². The van der Waals surface area contributed by atoms with E-state index in [1.165, 1.54) is 7.11 Å². The van der Waals surface area contributed by atoms with E-state index in [1.54, 1.807) is 42.7 Å². The van der Waals surface area contributed by atoms with E-state index < -0.39 is 5.97 Å². The number of ether oxygens (including phenoxy) is 1. The maximum Gasteiger partial charge on any atom is 0.338 e. The summed E-state index contributed by atoms with van der Waals surface area (Å²) in [5, 5.41) is 13.7. The fraction of sp³-hybridized carbons (Fsp3) is 0.182. The number of nitrogens with one attached hydrogen (secondary N) is 1. The van der Waals surface area contributed by atoms with Crippen molar-refractivity contribution < 1.29 is 14.3 Å². The Morgan fingerprint density at radius 3 is 2.57 bits per heavy atom. The fourth-order valence-electron chi connectivity index (χ4n) is 4.98. The molecule has 0 aliphatic carbocycles. The van der Waals surface area contributed by atoms with Crippen LogP contribution in [0.3, 0.4) is 0 Å². The predicted molar refractivity (Wildman–Crippen MR) is 161 cm³/mol. The van der Waals surface area contributed by atoms with Crippen LogP contribution in [0, 0.1) is 18.3 Å². The maximum absolute atomic E-state index is 13.2. The molecule has 0 radical (unpaired) electrons. The van der Waals surface area contributed by atoms with Gasteiger partial charge in [-0.05, 0) is 72.5 Å². The van der Waals surface area contributed by atoms with E-state index in [0.717, 1.165) is 34.3 Å². The van der Waals surface area contributed by atoms with E-state index in [4.69, 9.17) is 16.3 Å². The number of carbonyl (C=O) groups excluding carboxylic acids is 2. The standard InChI is InChI=1S/C33H28ClN5O3/c1-4-39-19-24(27-9-5-21(15-35)11-31(27)39)12-22-6-7-23(32(40)38-18-26-17-36-20(2)16-37-26)13-29(22)28-10-8-25(34)14-30(28)33(41)42-3/h5-11,13-14,16-17,19H,4,12,18H2,1-3H3,(H,38,40). The van der Waals surface area contributed by atoms with Crippen LogP contribution >= 0.6 is 11.6 Å². The maximum atomic E-state index is 13.2. The molecule has 3 aromatic carbocycles. The molecule has 9 heteroatoms. The first-order valence-corrected chi connectivity index (χ1v) is 13.8. The average molecular weight is 578 g/mol. The second-order valence-corrected chi connectivity index (χ2v) is 10.3. The highest BCUT2D eigenvalue weighted by Crippen LogP contribution is 2.34. The number of fused-ring (bicyclic) bond motifs is 1. The number of amides is 1. The van der Waals surface area contributed by atoms with Crippen molar-refractivity contribution in [1.29, 1.82) is 5.26 Å². The molecule has 1 amide bonds. The van der Waals surface area contributed by atoms with Crippen molar-refractivity contribution in [2.75, 3.05) is 7.11 Å². The third kappa shape index (κ3) is 5.87. The molecule has 1 N–H and O–H groups in total. The number of halogens is 1. The van der Waals surface area contributed by atoms with Gasteiger partial charge in [-0.3, -0.25) is 14.8 Å². The van der Waals surface area contributed by atoms with Crippen molar-refractivity contribution in [3.63, 3.8) is 0 Å². The number of hydrogen-bond donors (Lipinski definition) is 1. The van der Waals surface area contributed by atoms with Gasteiger partial charge in [0.25, 0.3) is 5.91 Å². The summed E-state index contributed by atoms with van der Waals surface area (Å²) < 4.78 is 7.18. The number of nitriles is 1. The number of rotatable bonds is 8. The first kappa shape index (κ1) is 28.5. The number of benzene rings is 3. The molecule has 0 spiro atoms. The monoisotopic (exact) mass is 577 g/mol. The normalized spacial score (nSPS) is 10.8. The smallest absolute Gasteiger partial charge is 0.338 e. The molecule has 5 rings (SSSR count). The molecule has 0 aliphatic heterocycles. The second-order valence-electron chi connectivity index (χ2n) is 9.85. The minimum absolute atomic E-state index is 0.221. The van der Waals surface area contributed by atoms with Gasteiger partial charge in [0.05, 0.1) is 48.4 Å². The summed E-state index contributed by atoms with van der Waals surface area (Å²) in [5.41, 5.74) is 7.01. The van der Waals surface area contributed by atoms with Gasteiger partial charge >= 0.3 is 5.97 Å². The molecule has 0 fully saturated rings. The average Bonchev–Trinajstić information content (AvgIpc) is 3.36. The molecular weight excluding hydrogens is 550 g/mol. The van der Waals surface area contributed by atoms with Crippen LogP contribution in [0.4, 0.5) is 0 Å². The molecule has 42 heavy (non-hydrogen) atoms. The quantitative estimate of drug-likeness (QED) is 0.218. The van der Waals surface area contributed by atoms with Gasteiger partial charge in [0, 0.05) is 46.8 Å². The van der Waals surface area contributed by atoms with Gasteiger partial charge in [-0.25, -0.2) is 4.79 Å². The van der Waals surface area contributed by atoms with E-state index in [0.29, 0.717) is 45.0 Å². The Bertz CT molecular complexity index is 1850. The number of esters is 1. The lowest BCUT2D eigenvalue weighted by Crippen LogP contribution is -2.23. The van der Waals surface area contributed by atoms with Gasteiger partial charge in [0.2, 0.25) is 0 Å². The zero-order valence-corrected chi connectivity index (χ0v) is 24.2. The third-order valence-electron chi connectivity index (χ3n) is 7.13. The molecular formula is C33H28ClN5O3. The summed E-state index contributed by atoms with van der Waals surface area (Å²) in [6.07, 6.45) is 5.89. The highest BCUT2D eigenvalue weighted by Gasteiger charge is 2.20. The molecule has 0 aliphatic rings. The molecule has 0 atom stereocenters. The third-order valence-corrected chi connectivity index (χ3v) is 7.36. The first-order chi connectivity index (χ1) is 20.3. The lowest BCUT2D eigenvalue weighted by molar-refractivity contribution is 0.0601. The van der Waals surface area contributed by atoms with Crippen molar-refractivity contribution >= 4 is 34.4 Å². The van der Waals surface area contributed by atoms with Crippen molar-refractivity contribution in [2.24, 2.45) is 0 Å². The minimum Gasteiger partial charge on any atom is -0.465 e. The molecule has 8 nitrogen and oxygen atoms in total. The molecule has 0 saturated carbocycles.